The van der Waals surface area contributed by atoms with E-state index in [1.807, 2.05) is 0 Å². The summed E-state index contributed by atoms with van der Waals surface area (Å²) < 4.78 is 14.4. The predicted molar refractivity (Wildman–Crippen MR) is 27.1 cm³/mol. The van der Waals surface area contributed by atoms with Crippen molar-refractivity contribution in [3.8, 4) is 0 Å². The Hall–Kier alpha value is 0.0700. The van der Waals surface area contributed by atoms with Gasteiger partial charge in [0.2, 0.25) is 0 Å². The van der Waals surface area contributed by atoms with Gasteiger partial charge < -0.3 is 5.11 Å². The zero-order chi connectivity index (χ0) is 5.70. The summed E-state index contributed by atoms with van der Waals surface area (Å²) in [5.41, 5.74) is 0. The van der Waals surface area contributed by atoms with E-state index in [4.69, 9.17) is 5.11 Å². The molecule has 0 bridgehead atoms. The van der Waals surface area contributed by atoms with E-state index in [-0.39, 0.29) is 12.4 Å². The predicted octanol–water partition coefficient (Wildman–Crippen LogP) is -0.711. The van der Waals surface area contributed by atoms with Crippen LogP contribution in [0.1, 0.15) is 0 Å². The van der Waals surface area contributed by atoms with Gasteiger partial charge in [-0.15, -0.1) is 0 Å². The Morgan fingerprint density at radius 1 is 1.86 bits per heavy atom. The summed E-state index contributed by atoms with van der Waals surface area (Å²) in [6, 6.07) is 0. The fraction of sp³-hybridized carbons (Fsp3) is 1.00. The van der Waals surface area contributed by atoms with Crippen molar-refractivity contribution in [2.24, 2.45) is 0 Å². The highest BCUT2D eigenvalue weighted by atomic mass is 32.2. The summed E-state index contributed by atoms with van der Waals surface area (Å²) in [6.07, 6.45) is 0. The zero-order valence-corrected chi connectivity index (χ0v) is 4.90. The van der Waals surface area contributed by atoms with E-state index in [2.05, 4.69) is 4.18 Å². The molecular formula is C3H8O3S. The summed E-state index contributed by atoms with van der Waals surface area (Å²) in [5, 5.41) is 8.09. The second-order valence-corrected chi connectivity index (χ2v) is 2.25. The van der Waals surface area contributed by atoms with Crippen LogP contribution in [0, 0.1) is 0 Å². The first kappa shape index (κ1) is 7.07. The maximum atomic E-state index is 10.1. The molecule has 0 aliphatic heterocycles. The van der Waals surface area contributed by atoms with Crippen molar-refractivity contribution >= 4 is 11.1 Å². The molecule has 0 amide bonds. The lowest BCUT2D eigenvalue weighted by atomic mass is 10.9. The summed E-state index contributed by atoms with van der Waals surface area (Å²) >= 11 is -1.28. The van der Waals surface area contributed by atoms with Crippen LogP contribution >= 0.6 is 0 Å². The molecule has 0 saturated heterocycles. The van der Waals surface area contributed by atoms with Crippen LogP contribution < -0.4 is 0 Å². The van der Waals surface area contributed by atoms with Crippen LogP contribution in [0.4, 0.5) is 0 Å². The standard InChI is InChI=1S/C3H8O3S/c1-6-7(5)3-2-4/h4H,2-3H2,1H3. The van der Waals surface area contributed by atoms with Gasteiger partial charge in [-0.05, 0) is 0 Å². The minimum Gasteiger partial charge on any atom is -0.395 e. The van der Waals surface area contributed by atoms with Crippen molar-refractivity contribution in [1.82, 2.24) is 0 Å². The maximum absolute atomic E-state index is 10.1. The van der Waals surface area contributed by atoms with Gasteiger partial charge in [0.25, 0.3) is 0 Å². The molecule has 0 fully saturated rings. The molecule has 0 aliphatic carbocycles. The van der Waals surface area contributed by atoms with Gasteiger partial charge in [0.05, 0.1) is 19.5 Å². The van der Waals surface area contributed by atoms with E-state index in [1.165, 1.54) is 7.11 Å². The number of aliphatic hydroxyl groups excluding tert-OH is 1. The molecule has 0 aromatic carbocycles. The molecule has 0 saturated carbocycles. The topological polar surface area (TPSA) is 46.5 Å². The SMILES string of the molecule is COS(=O)CCO. The Labute approximate surface area is 45.0 Å². The Morgan fingerprint density at radius 2 is 2.43 bits per heavy atom. The van der Waals surface area contributed by atoms with Crippen molar-refractivity contribution in [3.05, 3.63) is 0 Å². The Morgan fingerprint density at radius 3 is 2.57 bits per heavy atom. The molecule has 4 heteroatoms. The molecule has 0 aliphatic rings. The minimum atomic E-state index is -1.28. The van der Waals surface area contributed by atoms with Gasteiger partial charge in [-0.25, -0.2) is 4.21 Å². The fourth-order valence-corrected chi connectivity index (χ4v) is 0.474. The maximum Gasteiger partial charge on any atom is 0.157 e. The lowest BCUT2D eigenvalue weighted by Crippen LogP contribution is -2.01. The minimum absolute atomic E-state index is 0.0829. The van der Waals surface area contributed by atoms with Gasteiger partial charge in [0, 0.05) is 0 Å². The van der Waals surface area contributed by atoms with Crippen LogP contribution in [0.2, 0.25) is 0 Å². The number of hydrogen-bond donors (Lipinski definition) is 1. The molecule has 1 N–H and O–H groups in total. The second kappa shape index (κ2) is 4.23. The van der Waals surface area contributed by atoms with Crippen molar-refractivity contribution in [2.45, 2.75) is 0 Å². The Bertz CT molecular complexity index is 63.2. The van der Waals surface area contributed by atoms with Crippen LogP contribution in [-0.2, 0) is 15.3 Å². The molecule has 0 rings (SSSR count). The average Bonchev–Trinajstić information content (AvgIpc) is 1.68. The highest BCUT2D eigenvalue weighted by Gasteiger charge is 1.90. The van der Waals surface area contributed by atoms with Crippen molar-refractivity contribution in [3.63, 3.8) is 0 Å². The molecular weight excluding hydrogens is 116 g/mol. The molecule has 1 unspecified atom stereocenters. The van der Waals surface area contributed by atoms with E-state index in [0.717, 1.165) is 0 Å². The van der Waals surface area contributed by atoms with E-state index in [9.17, 15) is 4.21 Å². The van der Waals surface area contributed by atoms with Crippen molar-refractivity contribution in [1.29, 1.82) is 0 Å². The largest absolute Gasteiger partial charge is 0.395 e. The average molecular weight is 124 g/mol. The van der Waals surface area contributed by atoms with Crippen molar-refractivity contribution < 1.29 is 13.5 Å². The van der Waals surface area contributed by atoms with E-state index in [0.29, 0.717) is 0 Å². The molecule has 1 atom stereocenters. The Kier molecular flexibility index (Phi) is 4.28. The van der Waals surface area contributed by atoms with Crippen molar-refractivity contribution in [2.75, 3.05) is 19.5 Å². The molecule has 7 heavy (non-hydrogen) atoms. The molecule has 0 aromatic rings. The lowest BCUT2D eigenvalue weighted by Gasteiger charge is -1.90. The molecule has 0 spiro atoms. The fourth-order valence-electron chi connectivity index (χ4n) is 0.158. The monoisotopic (exact) mass is 124 g/mol. The molecule has 0 aromatic heterocycles. The third-order valence-electron chi connectivity index (χ3n) is 0.444. The van der Waals surface area contributed by atoms with Gasteiger partial charge in [0.1, 0.15) is 0 Å². The molecule has 3 nitrogen and oxygen atoms in total. The number of rotatable bonds is 3. The quantitative estimate of drug-likeness (QED) is 0.540. The highest BCUT2D eigenvalue weighted by Crippen LogP contribution is 1.77. The number of hydrogen-bond acceptors (Lipinski definition) is 3. The third-order valence-corrected chi connectivity index (χ3v) is 1.33. The number of aliphatic hydroxyl groups is 1. The van der Waals surface area contributed by atoms with Crippen LogP contribution in [0.25, 0.3) is 0 Å². The smallest absolute Gasteiger partial charge is 0.157 e. The second-order valence-electron chi connectivity index (χ2n) is 0.898. The third kappa shape index (κ3) is 3.91. The highest BCUT2D eigenvalue weighted by molar-refractivity contribution is 7.80. The zero-order valence-electron chi connectivity index (χ0n) is 4.09. The Balaban J connectivity index is 3.00. The van der Waals surface area contributed by atoms with Crippen LogP contribution in [0.3, 0.4) is 0 Å². The van der Waals surface area contributed by atoms with Gasteiger partial charge in [-0.2, -0.15) is 0 Å². The van der Waals surface area contributed by atoms with Gasteiger partial charge in [0.15, 0.2) is 11.1 Å². The summed E-state index contributed by atoms with van der Waals surface area (Å²) in [7, 11) is 1.34. The summed E-state index contributed by atoms with van der Waals surface area (Å²) in [6.45, 7) is -0.0829. The van der Waals surface area contributed by atoms with Crippen LogP contribution in [0.5, 0.6) is 0 Å². The normalized spacial score (nSPS) is 14.0. The van der Waals surface area contributed by atoms with Gasteiger partial charge >= 0.3 is 0 Å². The van der Waals surface area contributed by atoms with E-state index in [1.54, 1.807) is 0 Å². The first-order valence-corrected chi connectivity index (χ1v) is 3.09. The first-order valence-electron chi connectivity index (χ1n) is 1.85. The first-order chi connectivity index (χ1) is 3.31. The van der Waals surface area contributed by atoms with Gasteiger partial charge in [-0.1, -0.05) is 0 Å². The summed E-state index contributed by atoms with van der Waals surface area (Å²) in [4.78, 5) is 0. The lowest BCUT2D eigenvalue weighted by molar-refractivity contribution is 0.316. The molecule has 0 heterocycles. The molecule has 0 radical (unpaired) electrons. The van der Waals surface area contributed by atoms with E-state index >= 15 is 0 Å². The summed E-state index contributed by atoms with van der Waals surface area (Å²) in [5.74, 6) is 0.205. The van der Waals surface area contributed by atoms with Crippen LogP contribution in [0.15, 0.2) is 0 Å². The van der Waals surface area contributed by atoms with Crippen LogP contribution in [-0.4, -0.2) is 28.8 Å². The molecule has 44 valence electrons. The van der Waals surface area contributed by atoms with E-state index < -0.39 is 11.1 Å². The van der Waals surface area contributed by atoms with Gasteiger partial charge in [-0.3, -0.25) is 4.18 Å².